The Bertz CT molecular complexity index is 1840. The molecule has 0 spiro atoms. The molecular formula is C36H40F3N5O3. The number of rotatable bonds is 7. The number of hydrogen-bond donors (Lipinski definition) is 1. The van der Waals surface area contributed by atoms with Crippen molar-refractivity contribution in [2.45, 2.75) is 63.6 Å². The number of anilines is 1. The summed E-state index contributed by atoms with van der Waals surface area (Å²) in [5.41, 5.74) is 0.302. The summed E-state index contributed by atoms with van der Waals surface area (Å²) < 4.78 is 58.5. The van der Waals surface area contributed by atoms with Gasteiger partial charge in [-0.1, -0.05) is 13.0 Å². The van der Waals surface area contributed by atoms with Gasteiger partial charge >= 0.3 is 6.01 Å². The molecule has 4 aliphatic heterocycles. The fourth-order valence-corrected chi connectivity index (χ4v) is 8.71. The number of phenolic OH excluding ortho intramolecular Hbond substituents is 1. The van der Waals surface area contributed by atoms with Gasteiger partial charge in [-0.3, -0.25) is 9.88 Å². The standard InChI is InChI=1S/C36H40F3N5O3/c1-2-26-29(38)7-6-21-13-25(45)14-27(30(21)26)32-31(39)33-28(16-40-32)34(43-10-3-5-22(17-43)23-8-12-46-19-23)42-35(41-33)47-20-36-9-4-11-44(36)18-24(37)15-36/h6-7,13-14,16,22-24,45H,2-5,8-12,15,17-20H2,1H3/t22?,23?,24-,36+/m1/s1. The molecule has 0 bridgehead atoms. The van der Waals surface area contributed by atoms with Crippen molar-refractivity contribution in [3.63, 3.8) is 0 Å². The Hall–Kier alpha value is -3.70. The van der Waals surface area contributed by atoms with E-state index in [-0.39, 0.29) is 35.1 Å². The van der Waals surface area contributed by atoms with E-state index in [4.69, 9.17) is 14.5 Å². The molecule has 8 rings (SSSR count). The molecule has 0 saturated carbocycles. The number of aryl methyl sites for hydroxylation is 1. The van der Waals surface area contributed by atoms with Gasteiger partial charge in [-0.05, 0) is 91.4 Å². The van der Waals surface area contributed by atoms with Gasteiger partial charge in [0.15, 0.2) is 5.82 Å². The fourth-order valence-electron chi connectivity index (χ4n) is 8.71. The molecule has 4 atom stereocenters. The molecule has 2 aromatic heterocycles. The third kappa shape index (κ3) is 5.35. The Morgan fingerprint density at radius 3 is 2.81 bits per heavy atom. The number of nitrogens with zero attached hydrogens (tertiary/aromatic N) is 5. The predicted octanol–water partition coefficient (Wildman–Crippen LogP) is 6.60. The van der Waals surface area contributed by atoms with Gasteiger partial charge in [0.25, 0.3) is 0 Å². The maximum Gasteiger partial charge on any atom is 0.319 e. The number of ether oxygens (including phenoxy) is 2. The maximum absolute atomic E-state index is 16.9. The predicted molar refractivity (Wildman–Crippen MR) is 174 cm³/mol. The number of alkyl halides is 1. The van der Waals surface area contributed by atoms with Gasteiger partial charge in [0, 0.05) is 51.0 Å². The van der Waals surface area contributed by atoms with Crippen LogP contribution < -0.4 is 9.64 Å². The molecule has 2 unspecified atom stereocenters. The Morgan fingerprint density at radius 1 is 1.09 bits per heavy atom. The Kier molecular flexibility index (Phi) is 7.87. The first-order chi connectivity index (χ1) is 22.8. The number of pyridine rings is 1. The molecular weight excluding hydrogens is 607 g/mol. The van der Waals surface area contributed by atoms with Crippen LogP contribution in [-0.2, 0) is 11.2 Å². The number of aromatic hydroxyl groups is 1. The second kappa shape index (κ2) is 12.1. The van der Waals surface area contributed by atoms with Crippen LogP contribution in [0.3, 0.4) is 0 Å². The van der Waals surface area contributed by atoms with Crippen LogP contribution in [0.4, 0.5) is 19.0 Å². The van der Waals surface area contributed by atoms with Crippen LogP contribution in [0, 0.1) is 23.5 Å². The molecule has 8 nitrogen and oxygen atoms in total. The van der Waals surface area contributed by atoms with E-state index in [9.17, 15) is 9.50 Å². The number of hydrogen-bond acceptors (Lipinski definition) is 8. The first-order valence-corrected chi connectivity index (χ1v) is 17.0. The second-order valence-corrected chi connectivity index (χ2v) is 13.8. The van der Waals surface area contributed by atoms with E-state index >= 15 is 8.78 Å². The van der Waals surface area contributed by atoms with Crippen molar-refractivity contribution < 1.29 is 27.8 Å². The number of phenols is 1. The summed E-state index contributed by atoms with van der Waals surface area (Å²) in [6, 6.07) is 5.96. The minimum Gasteiger partial charge on any atom is -0.508 e. The molecule has 0 radical (unpaired) electrons. The molecule has 2 aromatic carbocycles. The molecule has 248 valence electrons. The average Bonchev–Trinajstić information content (AvgIpc) is 3.81. The third-order valence-corrected chi connectivity index (χ3v) is 11.0. The topological polar surface area (TPSA) is 83.8 Å². The number of fused-ring (bicyclic) bond motifs is 3. The number of piperidine rings is 1. The van der Waals surface area contributed by atoms with Crippen molar-refractivity contribution in [1.82, 2.24) is 19.9 Å². The summed E-state index contributed by atoms with van der Waals surface area (Å²) in [6.45, 7) is 6.31. The zero-order chi connectivity index (χ0) is 32.3. The lowest BCUT2D eigenvalue weighted by Gasteiger charge is -2.36. The molecule has 47 heavy (non-hydrogen) atoms. The van der Waals surface area contributed by atoms with Crippen LogP contribution in [0.1, 0.15) is 51.0 Å². The third-order valence-electron chi connectivity index (χ3n) is 11.0. The van der Waals surface area contributed by atoms with Gasteiger partial charge in [0.05, 0.1) is 10.9 Å². The summed E-state index contributed by atoms with van der Waals surface area (Å²) in [4.78, 5) is 18.4. The van der Waals surface area contributed by atoms with Crippen molar-refractivity contribution >= 4 is 27.5 Å². The largest absolute Gasteiger partial charge is 0.508 e. The summed E-state index contributed by atoms with van der Waals surface area (Å²) in [7, 11) is 0. The van der Waals surface area contributed by atoms with Gasteiger partial charge < -0.3 is 19.5 Å². The highest BCUT2D eigenvalue weighted by Gasteiger charge is 2.49. The van der Waals surface area contributed by atoms with E-state index in [0.717, 1.165) is 65.0 Å². The zero-order valence-corrected chi connectivity index (χ0v) is 26.7. The normalized spacial score (nSPS) is 26.5. The van der Waals surface area contributed by atoms with Crippen LogP contribution in [0.15, 0.2) is 30.5 Å². The fraction of sp³-hybridized carbons (Fsp3) is 0.528. The van der Waals surface area contributed by atoms with Crippen molar-refractivity contribution in [1.29, 1.82) is 0 Å². The van der Waals surface area contributed by atoms with Crippen molar-refractivity contribution in [2.24, 2.45) is 11.8 Å². The first kappa shape index (κ1) is 30.6. The van der Waals surface area contributed by atoms with Gasteiger partial charge in [-0.2, -0.15) is 9.97 Å². The average molecular weight is 648 g/mol. The molecule has 4 fully saturated rings. The van der Waals surface area contributed by atoms with Gasteiger partial charge in [-0.25, -0.2) is 13.2 Å². The van der Waals surface area contributed by atoms with E-state index in [2.05, 4.69) is 19.8 Å². The zero-order valence-electron chi connectivity index (χ0n) is 26.7. The summed E-state index contributed by atoms with van der Waals surface area (Å²) in [5, 5.41) is 12.2. The Labute approximate surface area is 271 Å². The van der Waals surface area contributed by atoms with E-state index in [0.29, 0.717) is 58.8 Å². The van der Waals surface area contributed by atoms with E-state index in [1.165, 1.54) is 12.1 Å². The molecule has 6 heterocycles. The van der Waals surface area contributed by atoms with Crippen molar-refractivity contribution in [2.75, 3.05) is 50.9 Å². The van der Waals surface area contributed by atoms with Gasteiger partial charge in [-0.15, -0.1) is 0 Å². The van der Waals surface area contributed by atoms with Crippen LogP contribution in [-0.4, -0.2) is 82.7 Å². The SMILES string of the molecule is CCc1c(F)ccc2cc(O)cc(-c3ncc4c(N5CCCC(C6CCOC6)C5)nc(OC[C@@]56CCCN5C[C@H](F)C6)nc4c3F)c12. The van der Waals surface area contributed by atoms with Crippen molar-refractivity contribution in [3.8, 4) is 23.0 Å². The molecule has 0 aliphatic carbocycles. The second-order valence-electron chi connectivity index (χ2n) is 13.8. The Balaban J connectivity index is 1.25. The highest BCUT2D eigenvalue weighted by molar-refractivity contribution is 6.01. The number of aromatic nitrogens is 3. The first-order valence-electron chi connectivity index (χ1n) is 17.0. The van der Waals surface area contributed by atoms with E-state index < -0.39 is 23.3 Å². The smallest absolute Gasteiger partial charge is 0.319 e. The molecule has 4 aliphatic rings. The minimum absolute atomic E-state index is 0.0365. The van der Waals surface area contributed by atoms with Crippen LogP contribution in [0.25, 0.3) is 32.9 Å². The summed E-state index contributed by atoms with van der Waals surface area (Å²) >= 11 is 0. The molecule has 1 N–H and O–H groups in total. The van der Waals surface area contributed by atoms with Crippen LogP contribution >= 0.6 is 0 Å². The lowest BCUT2D eigenvalue weighted by molar-refractivity contribution is 0.107. The molecule has 11 heteroatoms. The quantitative estimate of drug-likeness (QED) is 0.240. The molecule has 4 saturated heterocycles. The summed E-state index contributed by atoms with van der Waals surface area (Å²) in [6.07, 6.45) is 6.34. The maximum atomic E-state index is 16.9. The minimum atomic E-state index is -0.905. The summed E-state index contributed by atoms with van der Waals surface area (Å²) in [5.74, 6) is 0.278. The van der Waals surface area contributed by atoms with E-state index in [1.54, 1.807) is 18.3 Å². The van der Waals surface area contributed by atoms with Crippen molar-refractivity contribution in [3.05, 3.63) is 47.7 Å². The highest BCUT2D eigenvalue weighted by atomic mass is 19.1. The Morgan fingerprint density at radius 2 is 1.98 bits per heavy atom. The molecule has 0 amide bonds. The van der Waals surface area contributed by atoms with E-state index in [1.807, 2.05) is 6.92 Å². The van der Waals surface area contributed by atoms with Crippen LogP contribution in [0.5, 0.6) is 11.8 Å². The monoisotopic (exact) mass is 647 g/mol. The lowest BCUT2D eigenvalue weighted by Crippen LogP contribution is -2.43. The lowest BCUT2D eigenvalue weighted by atomic mass is 9.85. The highest BCUT2D eigenvalue weighted by Crippen LogP contribution is 2.42. The molecule has 4 aromatic rings. The van der Waals surface area contributed by atoms with Gasteiger partial charge in [0.1, 0.15) is 41.4 Å². The number of halogens is 3. The van der Waals surface area contributed by atoms with Crippen LogP contribution in [0.2, 0.25) is 0 Å². The number of benzene rings is 2. The van der Waals surface area contributed by atoms with Gasteiger partial charge in [0.2, 0.25) is 0 Å².